The number of primary amides is 1. The molecule has 3 rings (SSSR count). The maximum atomic E-state index is 14.5. The molecule has 3 aromatic rings. The number of nitrogens with zero attached hydrogens (tertiary/aromatic N) is 2. The molecular weight excluding hydrogens is 602 g/mol. The lowest BCUT2D eigenvalue weighted by molar-refractivity contribution is -0.118. The molecule has 0 aliphatic rings. The molecule has 2 atom stereocenters. The molecule has 0 aliphatic carbocycles. The molecule has 0 heterocycles. The Morgan fingerprint density at radius 1 is 0.854 bits per heavy atom. The highest BCUT2D eigenvalue weighted by atomic mass is 16.6. The van der Waals surface area contributed by atoms with Gasteiger partial charge >= 0.3 is 6.09 Å². The van der Waals surface area contributed by atoms with Gasteiger partial charge in [0.05, 0.1) is 12.6 Å². The van der Waals surface area contributed by atoms with Gasteiger partial charge in [-0.05, 0) is 62.8 Å². The molecule has 3 aromatic carbocycles. The highest BCUT2D eigenvalue weighted by Crippen LogP contribution is 2.29. The van der Waals surface area contributed by atoms with Crippen LogP contribution in [0.15, 0.2) is 102 Å². The van der Waals surface area contributed by atoms with Crippen LogP contribution in [0.3, 0.4) is 0 Å². The number of benzene rings is 3. The smallest absolute Gasteiger partial charge is 0.407 e. The van der Waals surface area contributed by atoms with Crippen LogP contribution in [0, 0.1) is 5.41 Å². The topological polar surface area (TPSA) is 126 Å². The van der Waals surface area contributed by atoms with Gasteiger partial charge in [-0.1, -0.05) is 106 Å². The molecule has 9 nitrogen and oxygen atoms in total. The van der Waals surface area contributed by atoms with E-state index < -0.39 is 35.1 Å². The summed E-state index contributed by atoms with van der Waals surface area (Å²) in [7, 11) is 0. The Hall–Kier alpha value is -4.92. The molecule has 0 unspecified atom stereocenters. The first-order valence-electron chi connectivity index (χ1n) is 16.4. The number of alkyl carbamates (subject to hydrolysis) is 1. The number of amidine groups is 1. The van der Waals surface area contributed by atoms with Crippen LogP contribution in [0.5, 0.6) is 0 Å². The van der Waals surface area contributed by atoms with Gasteiger partial charge in [0, 0.05) is 30.3 Å². The van der Waals surface area contributed by atoms with E-state index in [4.69, 9.17) is 15.5 Å². The lowest BCUT2D eigenvalue weighted by Crippen LogP contribution is -2.56. The van der Waals surface area contributed by atoms with Gasteiger partial charge in [-0.25, -0.2) is 4.79 Å². The summed E-state index contributed by atoms with van der Waals surface area (Å²) >= 11 is 0. The lowest BCUT2D eigenvalue weighted by Gasteiger charge is -2.42. The Kier molecular flexibility index (Phi) is 13.5. The molecule has 3 amide bonds. The van der Waals surface area contributed by atoms with E-state index in [-0.39, 0.29) is 25.3 Å². The Morgan fingerprint density at radius 3 is 1.90 bits per heavy atom. The summed E-state index contributed by atoms with van der Waals surface area (Å²) in [6.45, 7) is 14.0. The maximum Gasteiger partial charge on any atom is 0.407 e. The summed E-state index contributed by atoms with van der Waals surface area (Å²) in [4.78, 5) is 46.3. The monoisotopic (exact) mass is 653 g/mol. The predicted octanol–water partition coefficient (Wildman–Crippen LogP) is 6.95. The third-order valence-electron chi connectivity index (χ3n) is 7.47. The van der Waals surface area contributed by atoms with Crippen LogP contribution in [-0.2, 0) is 16.1 Å². The number of nitrogens with one attached hydrogen (secondary N) is 2. The first-order valence-corrected chi connectivity index (χ1v) is 16.4. The van der Waals surface area contributed by atoms with E-state index in [1.165, 1.54) is 0 Å². The minimum Gasteiger partial charge on any atom is -0.444 e. The van der Waals surface area contributed by atoms with Crippen LogP contribution in [0.4, 0.5) is 4.79 Å². The normalized spacial score (nSPS) is 13.6. The number of carbonyl (C=O) groups is 3. The van der Waals surface area contributed by atoms with E-state index in [0.717, 1.165) is 16.8 Å². The number of hydrogen-bond donors (Lipinski definition) is 3. The maximum absolute atomic E-state index is 14.5. The molecule has 0 saturated carbocycles. The quantitative estimate of drug-likeness (QED) is 0.136. The largest absolute Gasteiger partial charge is 0.444 e. The number of allylic oxidation sites excluding steroid dienone is 1. The molecule has 0 aromatic heterocycles. The summed E-state index contributed by atoms with van der Waals surface area (Å²) < 4.78 is 5.47. The molecule has 256 valence electrons. The fourth-order valence-corrected chi connectivity index (χ4v) is 5.38. The van der Waals surface area contributed by atoms with Crippen molar-refractivity contribution >= 4 is 29.4 Å². The molecule has 0 fully saturated rings. The van der Waals surface area contributed by atoms with Crippen molar-refractivity contribution in [1.82, 2.24) is 15.5 Å². The summed E-state index contributed by atoms with van der Waals surface area (Å²) in [6, 6.07) is 27.8. The average molecular weight is 654 g/mol. The highest BCUT2D eigenvalue weighted by molar-refractivity contribution is 6.01. The fraction of sp³-hybridized carbons (Fsp3) is 0.385. The van der Waals surface area contributed by atoms with Crippen molar-refractivity contribution in [2.24, 2.45) is 16.1 Å². The molecular formula is C39H51N5O4. The second-order valence-electron chi connectivity index (χ2n) is 13.8. The standard InChI is InChI=1S/C39H51N5O4/c1-8-32(29-20-14-10-15-21-29)43-35(41-27-28-18-12-9-13-19-28)34(38(2,3)4)44(36(46)30-22-16-11-17-23-30)25-24-31(26-33(40)45)42-37(47)48-39(5,6)7/h8-23,31,34H,24-27H2,1-7H3,(H2,40,45)(H,41,43)(H,42,47)/b32-8-/t31-,34+/m1/s1. The minimum atomic E-state index is -0.729. The summed E-state index contributed by atoms with van der Waals surface area (Å²) in [5, 5.41) is 6.42. The first-order chi connectivity index (χ1) is 22.7. The number of rotatable bonds is 13. The van der Waals surface area contributed by atoms with Crippen LogP contribution in [0.2, 0.25) is 0 Å². The number of nitrogens with two attached hydrogens (primary N) is 1. The molecule has 0 bridgehead atoms. The molecule has 0 aliphatic heterocycles. The molecule has 4 N–H and O–H groups in total. The summed E-state index contributed by atoms with van der Waals surface area (Å²) in [6.07, 6.45) is 1.46. The van der Waals surface area contributed by atoms with Crippen LogP contribution in [0.1, 0.15) is 82.8 Å². The SMILES string of the molecule is C/C=C(\NC(=NCc1ccccc1)[C@H](N(CC[C@H](CC(N)=O)NC(=O)OC(C)(C)C)C(=O)c1ccccc1)C(C)(C)C)c1ccccc1. The van der Waals surface area contributed by atoms with Gasteiger partial charge in [0.15, 0.2) is 0 Å². The van der Waals surface area contributed by atoms with E-state index in [0.29, 0.717) is 17.9 Å². The van der Waals surface area contributed by atoms with Crippen molar-refractivity contribution < 1.29 is 19.1 Å². The third kappa shape index (κ3) is 12.0. The number of hydrogen-bond acceptors (Lipinski definition) is 5. The van der Waals surface area contributed by atoms with Crippen molar-refractivity contribution in [1.29, 1.82) is 0 Å². The Bertz CT molecular complexity index is 1540. The molecule has 9 heteroatoms. The number of aliphatic imine (C=N–C) groups is 1. The first kappa shape index (κ1) is 37.5. The fourth-order valence-electron chi connectivity index (χ4n) is 5.38. The molecule has 48 heavy (non-hydrogen) atoms. The molecule has 0 radical (unpaired) electrons. The molecule has 0 saturated heterocycles. The second-order valence-corrected chi connectivity index (χ2v) is 13.8. The van der Waals surface area contributed by atoms with Gasteiger partial charge in [0.2, 0.25) is 5.91 Å². The van der Waals surface area contributed by atoms with E-state index in [9.17, 15) is 14.4 Å². The van der Waals surface area contributed by atoms with E-state index >= 15 is 0 Å². The van der Waals surface area contributed by atoms with E-state index in [1.807, 2.05) is 91.9 Å². The van der Waals surface area contributed by atoms with Crippen molar-refractivity contribution in [2.75, 3.05) is 6.54 Å². The van der Waals surface area contributed by atoms with Gasteiger partial charge in [-0.15, -0.1) is 0 Å². The van der Waals surface area contributed by atoms with Crippen molar-refractivity contribution in [3.63, 3.8) is 0 Å². The Morgan fingerprint density at radius 2 is 1.40 bits per heavy atom. The summed E-state index contributed by atoms with van der Waals surface area (Å²) in [5.74, 6) is -0.169. The van der Waals surface area contributed by atoms with Crippen molar-refractivity contribution in [3.8, 4) is 0 Å². The minimum absolute atomic E-state index is 0.114. The lowest BCUT2D eigenvalue weighted by atomic mass is 9.83. The Labute approximate surface area is 285 Å². The second kappa shape index (κ2) is 17.3. The van der Waals surface area contributed by atoms with Crippen LogP contribution in [0.25, 0.3) is 5.70 Å². The van der Waals surface area contributed by atoms with Gasteiger partial charge < -0.3 is 26.0 Å². The zero-order valence-electron chi connectivity index (χ0n) is 29.3. The van der Waals surface area contributed by atoms with Gasteiger partial charge in [0.25, 0.3) is 5.91 Å². The van der Waals surface area contributed by atoms with Gasteiger partial charge in [-0.2, -0.15) is 0 Å². The van der Waals surface area contributed by atoms with Crippen LogP contribution in [-0.4, -0.2) is 52.9 Å². The van der Waals surface area contributed by atoms with Crippen molar-refractivity contribution in [3.05, 3.63) is 114 Å². The van der Waals surface area contributed by atoms with Crippen LogP contribution >= 0.6 is 0 Å². The summed E-state index contributed by atoms with van der Waals surface area (Å²) in [5.41, 5.74) is 7.72. The van der Waals surface area contributed by atoms with Gasteiger partial charge in [-0.3, -0.25) is 14.6 Å². The van der Waals surface area contributed by atoms with E-state index in [2.05, 4.69) is 31.4 Å². The Balaban J connectivity index is 2.12. The van der Waals surface area contributed by atoms with Crippen LogP contribution < -0.4 is 16.4 Å². The zero-order chi connectivity index (χ0) is 35.3. The van der Waals surface area contributed by atoms with Crippen molar-refractivity contribution in [2.45, 2.75) is 85.5 Å². The number of ether oxygens (including phenoxy) is 1. The zero-order valence-corrected chi connectivity index (χ0v) is 29.3. The number of amides is 3. The highest BCUT2D eigenvalue weighted by Gasteiger charge is 2.39. The average Bonchev–Trinajstić information content (AvgIpc) is 3.02. The van der Waals surface area contributed by atoms with Gasteiger partial charge in [0.1, 0.15) is 11.4 Å². The third-order valence-corrected chi connectivity index (χ3v) is 7.47. The van der Waals surface area contributed by atoms with E-state index in [1.54, 1.807) is 37.8 Å². The predicted molar refractivity (Wildman–Crippen MR) is 193 cm³/mol. The molecule has 0 spiro atoms. The number of carbonyl (C=O) groups excluding carboxylic acids is 3.